The number of amides is 1. The topological polar surface area (TPSA) is 94.3 Å². The number of hydrogen-bond acceptors (Lipinski definition) is 5. The number of nitrogens with zero attached hydrogens (tertiary/aromatic N) is 1. The maximum absolute atomic E-state index is 11.4. The molecule has 1 rings (SSSR count). The molecule has 0 aromatic carbocycles. The van der Waals surface area contributed by atoms with Crippen molar-refractivity contribution in [2.24, 2.45) is 0 Å². The number of nitrogen functional groups attached to an aromatic ring is 1. The second kappa shape index (κ2) is 6.47. The third kappa shape index (κ3) is 4.50. The van der Waals surface area contributed by atoms with E-state index in [1.807, 2.05) is 6.92 Å². The summed E-state index contributed by atoms with van der Waals surface area (Å²) in [5.41, 5.74) is 6.01. The minimum atomic E-state index is -0.642. The first-order valence-electron chi connectivity index (χ1n) is 5.29. The lowest BCUT2D eigenvalue weighted by atomic mass is 10.3. The number of hydrogen-bond donors (Lipinski definition) is 2. The van der Waals surface area contributed by atoms with E-state index in [1.165, 1.54) is 12.3 Å². The summed E-state index contributed by atoms with van der Waals surface area (Å²) in [5.74, 6) is -0.965. The van der Waals surface area contributed by atoms with Gasteiger partial charge in [-0.1, -0.05) is 6.92 Å². The van der Waals surface area contributed by atoms with Crippen molar-refractivity contribution >= 4 is 17.6 Å². The molecule has 1 amide bonds. The summed E-state index contributed by atoms with van der Waals surface area (Å²) < 4.78 is 4.77. The smallest absolute Gasteiger partial charge is 0.357 e. The lowest BCUT2D eigenvalue weighted by Gasteiger charge is -2.05. The van der Waals surface area contributed by atoms with Crippen molar-refractivity contribution in [3.63, 3.8) is 0 Å². The molecule has 17 heavy (non-hydrogen) atoms. The minimum absolute atomic E-state index is 0.127. The van der Waals surface area contributed by atoms with Crippen molar-refractivity contribution in [2.45, 2.75) is 13.3 Å². The molecule has 1 aromatic heterocycles. The monoisotopic (exact) mass is 237 g/mol. The molecule has 0 saturated heterocycles. The molecular weight excluding hydrogens is 222 g/mol. The van der Waals surface area contributed by atoms with Crippen LogP contribution in [0.1, 0.15) is 23.8 Å². The molecule has 1 aromatic rings. The Balaban J connectivity index is 2.39. The number of esters is 1. The lowest BCUT2D eigenvalue weighted by molar-refractivity contribution is -0.124. The zero-order valence-electron chi connectivity index (χ0n) is 9.60. The highest BCUT2D eigenvalue weighted by molar-refractivity contribution is 5.89. The van der Waals surface area contributed by atoms with Gasteiger partial charge in [0.25, 0.3) is 5.91 Å². The van der Waals surface area contributed by atoms with Crippen molar-refractivity contribution in [1.29, 1.82) is 0 Å². The quantitative estimate of drug-likeness (QED) is 0.720. The number of nitrogens with one attached hydrogen (secondary N) is 1. The van der Waals surface area contributed by atoms with Crippen LogP contribution in [-0.4, -0.2) is 30.0 Å². The zero-order chi connectivity index (χ0) is 12.7. The number of nitrogens with two attached hydrogens (primary N) is 1. The Morgan fingerprint density at radius 1 is 1.47 bits per heavy atom. The fourth-order valence-corrected chi connectivity index (χ4v) is 1.05. The second-order valence-corrected chi connectivity index (χ2v) is 3.40. The molecule has 0 aliphatic heterocycles. The first kappa shape index (κ1) is 13.0. The Morgan fingerprint density at radius 2 is 2.24 bits per heavy atom. The van der Waals surface area contributed by atoms with Crippen LogP contribution in [0, 0.1) is 0 Å². The number of anilines is 1. The van der Waals surface area contributed by atoms with Crippen molar-refractivity contribution in [1.82, 2.24) is 10.3 Å². The summed E-state index contributed by atoms with van der Waals surface area (Å²) in [6.07, 6.45) is 2.19. The van der Waals surface area contributed by atoms with Crippen LogP contribution in [0.15, 0.2) is 18.3 Å². The molecule has 6 nitrogen and oxygen atoms in total. The summed E-state index contributed by atoms with van der Waals surface area (Å²) in [5, 5.41) is 2.59. The third-order valence-electron chi connectivity index (χ3n) is 1.90. The number of aromatic nitrogens is 1. The van der Waals surface area contributed by atoms with Crippen LogP contribution >= 0.6 is 0 Å². The highest BCUT2D eigenvalue weighted by atomic mass is 16.5. The van der Waals surface area contributed by atoms with Gasteiger partial charge in [-0.05, 0) is 18.6 Å². The van der Waals surface area contributed by atoms with Gasteiger partial charge < -0.3 is 15.8 Å². The summed E-state index contributed by atoms with van der Waals surface area (Å²) in [4.78, 5) is 26.4. The van der Waals surface area contributed by atoms with Crippen LogP contribution in [0.3, 0.4) is 0 Å². The summed E-state index contributed by atoms with van der Waals surface area (Å²) in [7, 11) is 0. The van der Waals surface area contributed by atoms with E-state index in [-0.39, 0.29) is 18.2 Å². The standard InChI is InChI=1S/C11H15N3O3/c1-2-5-13-10(15)7-17-11(16)9-4-3-8(12)6-14-9/h3-4,6H,2,5,7,12H2,1H3,(H,13,15). The van der Waals surface area contributed by atoms with Crippen molar-refractivity contribution < 1.29 is 14.3 Å². The molecule has 0 spiro atoms. The van der Waals surface area contributed by atoms with Crippen LogP contribution < -0.4 is 11.1 Å². The van der Waals surface area contributed by atoms with E-state index >= 15 is 0 Å². The van der Waals surface area contributed by atoms with Gasteiger partial charge >= 0.3 is 5.97 Å². The Labute approximate surface area is 99.2 Å². The van der Waals surface area contributed by atoms with Gasteiger partial charge in [-0.15, -0.1) is 0 Å². The van der Waals surface area contributed by atoms with Gasteiger partial charge in [0.1, 0.15) is 5.69 Å². The molecule has 0 aliphatic carbocycles. The fraction of sp³-hybridized carbons (Fsp3) is 0.364. The molecule has 0 saturated carbocycles. The number of carbonyl (C=O) groups excluding carboxylic acids is 2. The van der Waals surface area contributed by atoms with Crippen molar-refractivity contribution in [3.05, 3.63) is 24.0 Å². The molecule has 92 valence electrons. The minimum Gasteiger partial charge on any atom is -0.451 e. The highest BCUT2D eigenvalue weighted by Crippen LogP contribution is 2.02. The van der Waals surface area contributed by atoms with E-state index in [9.17, 15) is 9.59 Å². The Hall–Kier alpha value is -2.11. The van der Waals surface area contributed by atoms with Crippen molar-refractivity contribution in [2.75, 3.05) is 18.9 Å². The van der Waals surface area contributed by atoms with Crippen LogP contribution in [0.5, 0.6) is 0 Å². The SMILES string of the molecule is CCCNC(=O)COC(=O)c1ccc(N)cn1. The van der Waals surface area contributed by atoms with E-state index in [4.69, 9.17) is 10.5 Å². The molecule has 6 heteroatoms. The average molecular weight is 237 g/mol. The van der Waals surface area contributed by atoms with Crippen LogP contribution in [0.4, 0.5) is 5.69 Å². The molecule has 0 unspecified atom stereocenters. The molecule has 0 aliphatic rings. The van der Waals surface area contributed by atoms with Gasteiger partial charge in [0.2, 0.25) is 0 Å². The second-order valence-electron chi connectivity index (χ2n) is 3.40. The van der Waals surface area contributed by atoms with Crippen molar-refractivity contribution in [3.8, 4) is 0 Å². The average Bonchev–Trinajstić information content (AvgIpc) is 2.34. The number of ether oxygens (including phenoxy) is 1. The van der Waals surface area contributed by atoms with Gasteiger partial charge in [-0.25, -0.2) is 9.78 Å². The van der Waals surface area contributed by atoms with Gasteiger partial charge in [0.15, 0.2) is 6.61 Å². The Bertz CT molecular complexity index is 389. The number of pyridine rings is 1. The summed E-state index contributed by atoms with van der Waals surface area (Å²) >= 11 is 0. The third-order valence-corrected chi connectivity index (χ3v) is 1.90. The first-order valence-corrected chi connectivity index (χ1v) is 5.29. The zero-order valence-corrected chi connectivity index (χ0v) is 9.60. The molecule has 1 heterocycles. The molecule has 0 bridgehead atoms. The largest absolute Gasteiger partial charge is 0.451 e. The fourth-order valence-electron chi connectivity index (χ4n) is 1.05. The predicted molar refractivity (Wildman–Crippen MR) is 62.2 cm³/mol. The number of carbonyl (C=O) groups is 2. The first-order chi connectivity index (χ1) is 8.13. The maximum atomic E-state index is 11.4. The molecular formula is C11H15N3O3. The normalized spacial score (nSPS) is 9.71. The summed E-state index contributed by atoms with van der Waals surface area (Å²) in [6, 6.07) is 2.99. The molecule has 0 radical (unpaired) electrons. The van der Waals surface area contributed by atoms with E-state index < -0.39 is 5.97 Å². The van der Waals surface area contributed by atoms with E-state index in [0.717, 1.165) is 6.42 Å². The maximum Gasteiger partial charge on any atom is 0.357 e. The Kier molecular flexibility index (Phi) is 4.93. The van der Waals surface area contributed by atoms with E-state index in [0.29, 0.717) is 12.2 Å². The lowest BCUT2D eigenvalue weighted by Crippen LogP contribution is -2.29. The molecule has 0 fully saturated rings. The highest BCUT2D eigenvalue weighted by Gasteiger charge is 2.10. The van der Waals surface area contributed by atoms with Crippen LogP contribution in [0.2, 0.25) is 0 Å². The van der Waals surface area contributed by atoms with E-state index in [1.54, 1.807) is 6.07 Å². The molecule has 3 N–H and O–H groups in total. The predicted octanol–water partition coefficient (Wildman–Crippen LogP) is 0.347. The van der Waals surface area contributed by atoms with Crippen LogP contribution in [-0.2, 0) is 9.53 Å². The Morgan fingerprint density at radius 3 is 2.82 bits per heavy atom. The van der Waals surface area contributed by atoms with Gasteiger partial charge in [-0.3, -0.25) is 4.79 Å². The summed E-state index contributed by atoms with van der Waals surface area (Å²) in [6.45, 7) is 2.20. The van der Waals surface area contributed by atoms with Gasteiger partial charge in [-0.2, -0.15) is 0 Å². The molecule has 0 atom stereocenters. The van der Waals surface area contributed by atoms with Gasteiger partial charge in [0.05, 0.1) is 11.9 Å². The number of rotatable bonds is 5. The van der Waals surface area contributed by atoms with Crippen LogP contribution in [0.25, 0.3) is 0 Å². The van der Waals surface area contributed by atoms with Gasteiger partial charge in [0, 0.05) is 6.54 Å². The van der Waals surface area contributed by atoms with E-state index in [2.05, 4.69) is 10.3 Å².